The molecule has 35 heteroatoms. The van der Waals surface area contributed by atoms with E-state index in [1.54, 1.807) is 24.9 Å². The summed E-state index contributed by atoms with van der Waals surface area (Å²) in [4.78, 5) is 156. The highest BCUT2D eigenvalue weighted by Gasteiger charge is 2.28. The van der Waals surface area contributed by atoms with Crippen LogP contribution in [0.4, 0.5) is 0 Å². The van der Waals surface area contributed by atoms with Gasteiger partial charge in [-0.25, -0.2) is 24.3 Å². The third kappa shape index (κ3) is 75.5. The second-order valence-electron chi connectivity index (χ2n) is 28.8. The number of carbonyl (C=O) groups is 10. The second kappa shape index (κ2) is 82.2. The van der Waals surface area contributed by atoms with E-state index in [-0.39, 0.29) is 104 Å². The van der Waals surface area contributed by atoms with Crippen molar-refractivity contribution in [1.29, 1.82) is 0 Å². The molecule has 3 atom stereocenters. The van der Waals surface area contributed by atoms with E-state index in [2.05, 4.69) is 129 Å². The number of unbranched alkanes of at least 4 members (excludes halogenated alkanes) is 36. The quantitative estimate of drug-likeness (QED) is 0.0121. The highest BCUT2D eigenvalue weighted by molar-refractivity contribution is 5.93. The van der Waals surface area contributed by atoms with Crippen LogP contribution in [0.1, 0.15) is 323 Å². The predicted octanol–water partition coefficient (Wildman–Crippen LogP) is 7.58. The summed E-state index contributed by atoms with van der Waals surface area (Å²) in [7, 11) is 0. The maximum atomic E-state index is 14.1. The molecule has 0 bridgehead atoms. The van der Waals surface area contributed by atoms with Crippen molar-refractivity contribution in [2.45, 2.75) is 341 Å². The van der Waals surface area contributed by atoms with Crippen LogP contribution in [0.3, 0.4) is 0 Å². The number of aliphatic imine (C=N–C) groups is 1. The molecule has 0 rings (SSSR count). The Morgan fingerprint density at radius 2 is 0.513 bits per heavy atom. The molecule has 0 saturated heterocycles. The molecule has 0 saturated carbocycles. The van der Waals surface area contributed by atoms with E-state index in [1.165, 1.54) is 180 Å². The molecular formula is C80H153N21O14. The Bertz CT molecular complexity index is 2640. The number of rotatable bonds is 83. The number of nitrogens with two attached hydrogens (primary N) is 2. The lowest BCUT2D eigenvalue weighted by atomic mass is 10.1. The van der Waals surface area contributed by atoms with Crippen LogP contribution in [0.5, 0.6) is 0 Å². The standard InChI is InChI=1S/C80H153N21O14/c1-5-9-13-17-21-25-29-33-37-41-51-91-98-112-63-73(105)85-57-55-83-70(102)48-45-67(77(109)89-61-59-87-75(107)65-114-100-93-53-43-39-35-31-27-23-19-15-11-7-3)95-72(104)50-47-69(97-80(81)82)79(111)96-68(78(110)90-62-60-88-76(108)66-115-101-94-54-44-40-36-32-28-24-20-16-12-8-4)46-49-71(103)84-56-58-86-74(106)64-113-99-92-52-42-38-34-30-26-22-18-14-10-6-2/h51-54,67-69,98-101H,5-50,55-66H2,1-4H3,(H,83,102)(H,84,103)(H,85,105)(H,86,106)(H,87,107)(H,88,108)(H,89,109)(H,90,110)(H,95,104)(H,96,111)(H4,81,82,97)/b91-51+,92-52+,93-53+,94-54+/t67-,68-,69-/m0/s1. The summed E-state index contributed by atoms with van der Waals surface area (Å²) >= 11 is 0. The van der Waals surface area contributed by atoms with Gasteiger partial charge in [0.05, 0.1) is 0 Å². The Morgan fingerprint density at radius 3 is 0.783 bits per heavy atom. The van der Waals surface area contributed by atoms with Gasteiger partial charge in [0, 0.05) is 96.5 Å². The molecule has 115 heavy (non-hydrogen) atoms. The molecule has 0 aliphatic carbocycles. The largest absolute Gasteiger partial charge is 0.370 e. The Labute approximate surface area is 686 Å². The number of hydrazone groups is 4. The van der Waals surface area contributed by atoms with Gasteiger partial charge in [-0.05, 0) is 70.6 Å². The highest BCUT2D eigenvalue weighted by atomic mass is 16.7. The fourth-order valence-electron chi connectivity index (χ4n) is 11.7. The molecule has 0 aliphatic heterocycles. The number of hydrogen-bond donors (Lipinski definition) is 16. The summed E-state index contributed by atoms with van der Waals surface area (Å²) in [5.41, 5.74) is 21.1. The number of amides is 10. The minimum Gasteiger partial charge on any atom is -0.370 e. The fraction of sp³-hybridized carbons (Fsp3) is 0.812. The minimum absolute atomic E-state index is 0.00191. The number of carbonyl (C=O) groups excluding carboxylic acids is 10. The van der Waals surface area contributed by atoms with Crippen LogP contribution in [-0.2, 0) is 67.3 Å². The fourth-order valence-corrected chi connectivity index (χ4v) is 11.7. The lowest BCUT2D eigenvalue weighted by Gasteiger charge is -2.22. The molecule has 0 heterocycles. The summed E-state index contributed by atoms with van der Waals surface area (Å²) in [5.74, 6) is -6.74. The number of hydrogen-bond acceptors (Lipinski definition) is 23. The summed E-state index contributed by atoms with van der Waals surface area (Å²) in [6.07, 6.45) is 51.5. The number of guanidine groups is 1. The van der Waals surface area contributed by atoms with Crippen LogP contribution in [0, 0.1) is 0 Å². The van der Waals surface area contributed by atoms with Crippen LogP contribution in [0.15, 0.2) is 25.4 Å². The van der Waals surface area contributed by atoms with Crippen molar-refractivity contribution < 1.29 is 67.3 Å². The molecule has 10 amide bonds. The van der Waals surface area contributed by atoms with E-state index >= 15 is 0 Å². The zero-order valence-corrected chi connectivity index (χ0v) is 70.7. The zero-order chi connectivity index (χ0) is 84.2. The predicted molar refractivity (Wildman–Crippen MR) is 453 cm³/mol. The molecule has 0 radical (unpaired) electrons. The third-order valence-corrected chi connectivity index (χ3v) is 18.3. The first kappa shape index (κ1) is 107. The Morgan fingerprint density at radius 1 is 0.278 bits per heavy atom. The molecule has 0 aromatic carbocycles. The van der Waals surface area contributed by atoms with E-state index in [0.717, 1.165) is 77.0 Å². The smallest absolute Gasteiger partial charge is 0.248 e. The van der Waals surface area contributed by atoms with E-state index in [1.807, 2.05) is 0 Å². The minimum atomic E-state index is -1.50. The lowest BCUT2D eigenvalue weighted by molar-refractivity contribution is -0.131. The molecule has 0 unspecified atom stereocenters. The van der Waals surface area contributed by atoms with Crippen molar-refractivity contribution in [1.82, 2.24) is 75.5 Å². The van der Waals surface area contributed by atoms with Crippen LogP contribution in [0.25, 0.3) is 0 Å². The Hall–Kier alpha value is -8.31. The zero-order valence-electron chi connectivity index (χ0n) is 70.7. The topological polar surface area (TPSA) is 490 Å². The average Bonchev–Trinajstić information content (AvgIpc) is 0.880. The van der Waals surface area contributed by atoms with Gasteiger partial charge in [0.15, 0.2) is 32.4 Å². The molecule has 0 spiro atoms. The molecule has 0 aromatic heterocycles. The van der Waals surface area contributed by atoms with Gasteiger partial charge in [-0.1, -0.05) is 233 Å². The van der Waals surface area contributed by atoms with Gasteiger partial charge >= 0.3 is 0 Å². The van der Waals surface area contributed by atoms with E-state index in [9.17, 15) is 47.9 Å². The maximum Gasteiger partial charge on any atom is 0.248 e. The van der Waals surface area contributed by atoms with E-state index < -0.39 is 96.2 Å². The summed E-state index contributed by atoms with van der Waals surface area (Å²) in [5, 5.41) is 42.2. The first-order chi connectivity index (χ1) is 56.1. The normalized spacial score (nSPS) is 12.1. The molecule has 35 nitrogen and oxygen atoms in total. The first-order valence-electron chi connectivity index (χ1n) is 43.4. The summed E-state index contributed by atoms with van der Waals surface area (Å²) in [6, 6.07) is -4.23. The SMILES string of the molecule is CCCCCCCCCCC/C=N/NOCC(=O)NCCNC(=O)CC[C@H](NC(=O)CC[C@H](N=C(N)N)C(=O)N[C@@H](CCC(=O)NCCNC(=O)CON/N=C/CCCCCCCCCCC)C(=O)NCCNC(=O)CON/N=C/CCCCCCCCCCC)C(=O)NCCNC(=O)CON/N=C/CCCCCCCCCCC. The van der Waals surface area contributed by atoms with Gasteiger partial charge in [-0.3, -0.25) is 47.9 Å². The van der Waals surface area contributed by atoms with Gasteiger partial charge in [0.25, 0.3) is 0 Å². The van der Waals surface area contributed by atoms with Gasteiger partial charge in [-0.2, -0.15) is 42.8 Å². The van der Waals surface area contributed by atoms with Crippen molar-refractivity contribution >= 4 is 89.9 Å². The molecular weight excluding hydrogens is 1480 g/mol. The van der Waals surface area contributed by atoms with Gasteiger partial charge in [0.2, 0.25) is 59.1 Å². The molecule has 662 valence electrons. The van der Waals surface area contributed by atoms with Gasteiger partial charge in [0.1, 0.15) is 18.1 Å². The van der Waals surface area contributed by atoms with Gasteiger partial charge in [-0.15, -0.1) is 0 Å². The number of nitrogens with zero attached hydrogens (tertiary/aromatic N) is 5. The van der Waals surface area contributed by atoms with Crippen molar-refractivity contribution in [3.63, 3.8) is 0 Å². The first-order valence-corrected chi connectivity index (χ1v) is 43.4. The second-order valence-corrected chi connectivity index (χ2v) is 28.8. The third-order valence-electron chi connectivity index (χ3n) is 18.3. The van der Waals surface area contributed by atoms with Gasteiger partial charge < -0.3 is 64.6 Å². The van der Waals surface area contributed by atoms with Crippen LogP contribution >= 0.6 is 0 Å². The number of nitrogens with one attached hydrogen (secondary N) is 14. The Balaban J connectivity index is 5.88. The van der Waals surface area contributed by atoms with Crippen molar-refractivity contribution in [2.24, 2.45) is 36.9 Å². The molecule has 18 N–H and O–H groups in total. The monoisotopic (exact) mass is 1630 g/mol. The van der Waals surface area contributed by atoms with E-state index in [0.29, 0.717) is 0 Å². The van der Waals surface area contributed by atoms with E-state index in [4.69, 9.17) is 30.8 Å². The molecule has 0 aromatic rings. The lowest BCUT2D eigenvalue weighted by Crippen LogP contribution is -2.51. The van der Waals surface area contributed by atoms with Crippen LogP contribution in [-0.4, -0.2) is 187 Å². The van der Waals surface area contributed by atoms with Crippen LogP contribution < -0.4 is 87.0 Å². The molecule has 0 aliphatic rings. The summed E-state index contributed by atoms with van der Waals surface area (Å²) in [6.45, 7) is 7.15. The van der Waals surface area contributed by atoms with Crippen molar-refractivity contribution in [2.75, 3.05) is 78.8 Å². The Kier molecular flexibility index (Phi) is 76.3. The van der Waals surface area contributed by atoms with Crippen LogP contribution in [0.2, 0.25) is 0 Å². The van der Waals surface area contributed by atoms with Crippen molar-refractivity contribution in [3.8, 4) is 0 Å². The average molecular weight is 1630 g/mol. The molecule has 0 fully saturated rings. The van der Waals surface area contributed by atoms with Crippen molar-refractivity contribution in [3.05, 3.63) is 0 Å². The summed E-state index contributed by atoms with van der Waals surface area (Å²) < 4.78 is 0. The highest BCUT2D eigenvalue weighted by Crippen LogP contribution is 2.15. The maximum absolute atomic E-state index is 14.1.